The molecule has 0 spiro atoms. The summed E-state index contributed by atoms with van der Waals surface area (Å²) in [5.41, 5.74) is 0.700. The summed E-state index contributed by atoms with van der Waals surface area (Å²) in [4.78, 5) is 2.17. The summed E-state index contributed by atoms with van der Waals surface area (Å²) in [5.74, 6) is -0.184. The Hall–Kier alpha value is -0.490. The first-order valence-corrected chi connectivity index (χ1v) is 7.78. The molecule has 0 amide bonds. The van der Waals surface area contributed by atoms with E-state index in [1.165, 1.54) is 6.07 Å². The van der Waals surface area contributed by atoms with Crippen LogP contribution in [0.25, 0.3) is 0 Å². The summed E-state index contributed by atoms with van der Waals surface area (Å²) < 4.78 is 20.9. The summed E-state index contributed by atoms with van der Waals surface area (Å²) in [7, 11) is 2.02. The van der Waals surface area contributed by atoms with Crippen molar-refractivity contribution < 1.29 is 9.13 Å². The SMILES string of the molecule is CC(C)NCC1OCCN(C)C1c1ccc(Br)cc1F. The fraction of sp³-hybridized carbons (Fsp3) is 0.600. The Kier molecular flexibility index (Phi) is 5.55. The number of ether oxygens (including phenoxy) is 1. The van der Waals surface area contributed by atoms with E-state index in [1.54, 1.807) is 0 Å². The van der Waals surface area contributed by atoms with Gasteiger partial charge in [-0.2, -0.15) is 0 Å². The Morgan fingerprint density at radius 1 is 1.50 bits per heavy atom. The quantitative estimate of drug-likeness (QED) is 0.908. The Morgan fingerprint density at radius 2 is 2.25 bits per heavy atom. The lowest BCUT2D eigenvalue weighted by Gasteiger charge is -2.40. The monoisotopic (exact) mass is 344 g/mol. The number of rotatable bonds is 4. The van der Waals surface area contributed by atoms with E-state index >= 15 is 0 Å². The molecular weight excluding hydrogens is 323 g/mol. The molecule has 1 aliphatic rings. The van der Waals surface area contributed by atoms with Gasteiger partial charge < -0.3 is 10.1 Å². The van der Waals surface area contributed by atoms with Crippen molar-refractivity contribution in [1.82, 2.24) is 10.2 Å². The van der Waals surface area contributed by atoms with Crippen LogP contribution >= 0.6 is 15.9 Å². The minimum atomic E-state index is -0.184. The third-order valence-corrected chi connectivity index (χ3v) is 4.10. The van der Waals surface area contributed by atoms with E-state index in [0.717, 1.165) is 17.6 Å². The molecule has 0 radical (unpaired) electrons. The Bertz CT molecular complexity index is 455. The van der Waals surface area contributed by atoms with Crippen LogP contribution in [0.4, 0.5) is 4.39 Å². The fourth-order valence-electron chi connectivity index (χ4n) is 2.56. The number of nitrogens with one attached hydrogen (secondary N) is 1. The van der Waals surface area contributed by atoms with Crippen LogP contribution in [0.1, 0.15) is 25.5 Å². The van der Waals surface area contributed by atoms with Crippen LogP contribution in [0.5, 0.6) is 0 Å². The Balaban J connectivity index is 2.22. The molecule has 1 saturated heterocycles. The number of hydrogen-bond donors (Lipinski definition) is 1. The average Bonchev–Trinajstić information content (AvgIpc) is 2.37. The zero-order chi connectivity index (χ0) is 14.7. The van der Waals surface area contributed by atoms with Crippen molar-refractivity contribution in [2.75, 3.05) is 26.7 Å². The molecule has 2 rings (SSSR count). The number of hydrogen-bond acceptors (Lipinski definition) is 3. The summed E-state index contributed by atoms with van der Waals surface area (Å²) >= 11 is 3.30. The van der Waals surface area contributed by atoms with E-state index in [9.17, 15) is 4.39 Å². The molecule has 5 heteroatoms. The molecule has 0 saturated carbocycles. The minimum Gasteiger partial charge on any atom is -0.374 e. The van der Waals surface area contributed by atoms with Crippen LogP contribution in [0.3, 0.4) is 0 Å². The van der Waals surface area contributed by atoms with Gasteiger partial charge in [0.1, 0.15) is 5.82 Å². The molecule has 0 bridgehead atoms. The van der Waals surface area contributed by atoms with E-state index in [0.29, 0.717) is 18.2 Å². The van der Waals surface area contributed by atoms with Crippen LogP contribution in [0.15, 0.2) is 22.7 Å². The molecule has 1 N–H and O–H groups in total. The van der Waals surface area contributed by atoms with Gasteiger partial charge in [0.2, 0.25) is 0 Å². The zero-order valence-corrected chi connectivity index (χ0v) is 13.8. The van der Waals surface area contributed by atoms with Crippen LogP contribution in [-0.2, 0) is 4.74 Å². The Morgan fingerprint density at radius 3 is 2.90 bits per heavy atom. The van der Waals surface area contributed by atoms with Crippen LogP contribution in [-0.4, -0.2) is 43.8 Å². The van der Waals surface area contributed by atoms with Crippen molar-refractivity contribution >= 4 is 15.9 Å². The Labute approximate surface area is 128 Å². The summed E-state index contributed by atoms with van der Waals surface area (Å²) in [6.45, 7) is 6.43. The number of likely N-dealkylation sites (N-methyl/N-ethyl adjacent to an activating group) is 1. The van der Waals surface area contributed by atoms with Crippen LogP contribution < -0.4 is 5.32 Å². The molecule has 20 heavy (non-hydrogen) atoms. The molecule has 0 aromatic heterocycles. The molecular formula is C15H22BrFN2O. The van der Waals surface area contributed by atoms with Gasteiger partial charge in [-0.3, -0.25) is 4.90 Å². The molecule has 1 fully saturated rings. The van der Waals surface area contributed by atoms with Gasteiger partial charge in [0, 0.05) is 29.2 Å². The number of nitrogens with zero attached hydrogens (tertiary/aromatic N) is 1. The molecule has 1 aromatic rings. The van der Waals surface area contributed by atoms with Crippen molar-refractivity contribution in [3.63, 3.8) is 0 Å². The van der Waals surface area contributed by atoms with Crippen molar-refractivity contribution in [2.24, 2.45) is 0 Å². The molecule has 3 nitrogen and oxygen atoms in total. The third kappa shape index (κ3) is 3.79. The average molecular weight is 345 g/mol. The molecule has 0 aliphatic carbocycles. The predicted molar refractivity (Wildman–Crippen MR) is 82.3 cm³/mol. The van der Waals surface area contributed by atoms with Crippen molar-refractivity contribution in [3.05, 3.63) is 34.1 Å². The predicted octanol–water partition coefficient (Wildman–Crippen LogP) is 2.96. The van der Waals surface area contributed by atoms with Gasteiger partial charge in [0.25, 0.3) is 0 Å². The summed E-state index contributed by atoms with van der Waals surface area (Å²) in [6.07, 6.45) is -0.0353. The van der Waals surface area contributed by atoms with Crippen molar-refractivity contribution in [3.8, 4) is 0 Å². The lowest BCUT2D eigenvalue weighted by atomic mass is 9.97. The van der Waals surface area contributed by atoms with Gasteiger partial charge in [0.15, 0.2) is 0 Å². The summed E-state index contributed by atoms with van der Waals surface area (Å²) in [6, 6.07) is 5.58. The number of morpholine rings is 1. The summed E-state index contributed by atoms with van der Waals surface area (Å²) in [5, 5.41) is 3.38. The first kappa shape index (κ1) is 15.9. The standard InChI is InChI=1S/C15H22BrFN2O/c1-10(2)18-9-14-15(19(3)6-7-20-14)12-5-4-11(16)8-13(12)17/h4-5,8,10,14-15,18H,6-7,9H2,1-3H3. The highest BCUT2D eigenvalue weighted by atomic mass is 79.9. The van der Waals surface area contributed by atoms with Gasteiger partial charge >= 0.3 is 0 Å². The highest BCUT2D eigenvalue weighted by Gasteiger charge is 2.33. The zero-order valence-electron chi connectivity index (χ0n) is 12.2. The normalized spacial score (nSPS) is 24.3. The van der Waals surface area contributed by atoms with Crippen LogP contribution in [0, 0.1) is 5.82 Å². The molecule has 2 atom stereocenters. The first-order valence-electron chi connectivity index (χ1n) is 6.99. The van der Waals surface area contributed by atoms with Crippen LogP contribution in [0.2, 0.25) is 0 Å². The second-order valence-electron chi connectivity index (χ2n) is 5.56. The maximum atomic E-state index is 14.2. The van der Waals surface area contributed by atoms with E-state index in [4.69, 9.17) is 4.74 Å². The van der Waals surface area contributed by atoms with Gasteiger partial charge in [-0.15, -0.1) is 0 Å². The van der Waals surface area contributed by atoms with E-state index in [2.05, 4.69) is 40.0 Å². The van der Waals surface area contributed by atoms with Gasteiger partial charge in [-0.05, 0) is 19.2 Å². The molecule has 1 aromatic carbocycles. The van der Waals surface area contributed by atoms with Gasteiger partial charge in [-0.1, -0.05) is 35.8 Å². The molecule has 112 valence electrons. The second-order valence-corrected chi connectivity index (χ2v) is 6.48. The first-order chi connectivity index (χ1) is 9.49. The van der Waals surface area contributed by atoms with E-state index in [-0.39, 0.29) is 18.0 Å². The highest BCUT2D eigenvalue weighted by Crippen LogP contribution is 2.31. The maximum Gasteiger partial charge on any atom is 0.129 e. The number of benzene rings is 1. The fourth-order valence-corrected chi connectivity index (χ4v) is 2.90. The van der Waals surface area contributed by atoms with Gasteiger partial charge in [0.05, 0.1) is 18.8 Å². The van der Waals surface area contributed by atoms with Crippen molar-refractivity contribution in [1.29, 1.82) is 0 Å². The maximum absolute atomic E-state index is 14.2. The lowest BCUT2D eigenvalue weighted by molar-refractivity contribution is -0.0630. The van der Waals surface area contributed by atoms with Crippen molar-refractivity contribution in [2.45, 2.75) is 32.0 Å². The topological polar surface area (TPSA) is 24.5 Å². The van der Waals surface area contributed by atoms with E-state index < -0.39 is 0 Å². The van der Waals surface area contributed by atoms with E-state index in [1.807, 2.05) is 19.2 Å². The largest absolute Gasteiger partial charge is 0.374 e. The second kappa shape index (κ2) is 6.98. The molecule has 1 aliphatic heterocycles. The minimum absolute atomic E-state index is 0.0353. The molecule has 2 unspecified atom stereocenters. The molecule has 1 heterocycles. The number of halogens is 2. The smallest absolute Gasteiger partial charge is 0.129 e. The lowest BCUT2D eigenvalue weighted by Crippen LogP contribution is -2.48. The van der Waals surface area contributed by atoms with Gasteiger partial charge in [-0.25, -0.2) is 4.39 Å². The highest BCUT2D eigenvalue weighted by molar-refractivity contribution is 9.10. The third-order valence-electron chi connectivity index (χ3n) is 3.61.